The van der Waals surface area contributed by atoms with E-state index < -0.39 is 0 Å². The van der Waals surface area contributed by atoms with Crippen molar-refractivity contribution in [1.82, 2.24) is 0 Å². The molecule has 0 amide bonds. The summed E-state index contributed by atoms with van der Waals surface area (Å²) in [4.78, 5) is 0. The van der Waals surface area contributed by atoms with Gasteiger partial charge in [0.15, 0.2) is 0 Å². The van der Waals surface area contributed by atoms with Crippen LogP contribution >= 0.6 is 17.2 Å². The molecule has 0 aliphatic heterocycles. The highest BCUT2D eigenvalue weighted by molar-refractivity contribution is 7.49. The fraction of sp³-hybridized carbons (Fsp3) is 0.510. The van der Waals surface area contributed by atoms with Crippen molar-refractivity contribution >= 4 is 27.8 Å². The molecule has 0 fully saturated rings. The third-order valence-electron chi connectivity index (χ3n) is 11.3. The topological polar surface area (TPSA) is 18.5 Å². The van der Waals surface area contributed by atoms with Crippen molar-refractivity contribution in [1.29, 1.82) is 0 Å². The summed E-state index contributed by atoms with van der Waals surface area (Å²) < 4.78 is 14.0. The maximum Gasteiger partial charge on any atom is 0.128 e. The van der Waals surface area contributed by atoms with Crippen LogP contribution in [-0.2, 0) is 6.42 Å². The minimum atomic E-state index is -0.219. The lowest BCUT2D eigenvalue weighted by Crippen LogP contribution is -2.32. The van der Waals surface area contributed by atoms with Crippen LogP contribution in [0.3, 0.4) is 0 Å². The zero-order valence-corrected chi connectivity index (χ0v) is 37.0. The molecule has 3 atom stereocenters. The first-order valence-corrected chi connectivity index (χ1v) is 22.9. The molecule has 4 heteroatoms. The van der Waals surface area contributed by atoms with Crippen molar-refractivity contribution < 1.29 is 9.47 Å². The molecule has 2 nitrogen and oxygen atoms in total. The Labute approximate surface area is 328 Å². The van der Waals surface area contributed by atoms with E-state index in [1.165, 1.54) is 69.7 Å². The molecule has 0 aromatic heterocycles. The van der Waals surface area contributed by atoms with Crippen molar-refractivity contribution in [3.05, 3.63) is 107 Å². The molecule has 0 aliphatic carbocycles. The minimum Gasteiger partial charge on any atom is -0.483 e. The van der Waals surface area contributed by atoms with E-state index >= 15 is 0 Å². The summed E-state index contributed by atoms with van der Waals surface area (Å²) in [6, 6.07) is 32.2. The fourth-order valence-corrected chi connectivity index (χ4v) is 10.00. The highest BCUT2D eigenvalue weighted by Gasteiger charge is 2.31. The second kappa shape index (κ2) is 20.3. The molecule has 0 saturated heterocycles. The van der Waals surface area contributed by atoms with Gasteiger partial charge in [-0.15, -0.1) is 0 Å². The third kappa shape index (κ3) is 11.4. The molecule has 288 valence electrons. The number of hydrogen-bond acceptors (Lipinski definition) is 2. The van der Waals surface area contributed by atoms with Gasteiger partial charge in [-0.25, -0.2) is 0 Å². The highest BCUT2D eigenvalue weighted by atomic mass is 31.1. The first-order valence-electron chi connectivity index (χ1n) is 20.9. The predicted octanol–water partition coefficient (Wildman–Crippen LogP) is 14.6. The number of rotatable bonds is 21. The van der Waals surface area contributed by atoms with Gasteiger partial charge in [0.05, 0.1) is 0 Å². The SMILES string of the molecule is CCCCCC(C)c1ccc(OC(CC)(CC)Pc2ccc(-c3ccc(PC(CC)(CC)Oc4ccc(C(C)C)cc4CC)cc3)cc2)c(C(C)C)c1. The normalized spacial score (nSPS) is 13.2. The van der Waals surface area contributed by atoms with E-state index in [9.17, 15) is 0 Å². The van der Waals surface area contributed by atoms with Gasteiger partial charge in [0.1, 0.15) is 22.2 Å². The minimum absolute atomic E-state index is 0.203. The maximum absolute atomic E-state index is 7.08. The summed E-state index contributed by atoms with van der Waals surface area (Å²) in [5.41, 5.74) is 7.99. The lowest BCUT2D eigenvalue weighted by Gasteiger charge is -2.34. The standard InChI is InChI=1S/C49H70O2P2/c1-12-18-19-20-37(11)42-26-32-47(45(34-42)36(9)10)51-49(16-5,17-6)53-44-29-23-40(24-30-44)39-21-27-43(28-22-39)52-48(14-3,15-4)50-46-31-25-41(35(7)8)33-38(46)13-2/h21-37,52-53H,12-20H2,1-11H3. The Hall–Kier alpha value is -2.66. The van der Waals surface area contributed by atoms with Crippen molar-refractivity contribution in [2.75, 3.05) is 0 Å². The summed E-state index contributed by atoms with van der Waals surface area (Å²) in [6.45, 7) is 25.1. The first-order chi connectivity index (χ1) is 25.4. The monoisotopic (exact) mass is 752 g/mol. The summed E-state index contributed by atoms with van der Waals surface area (Å²) >= 11 is 0. The molecular weight excluding hydrogens is 682 g/mol. The molecule has 0 aliphatic rings. The summed E-state index contributed by atoms with van der Waals surface area (Å²) in [5, 5.41) is 2.28. The van der Waals surface area contributed by atoms with Gasteiger partial charge < -0.3 is 9.47 Å². The molecule has 4 aromatic carbocycles. The van der Waals surface area contributed by atoms with Crippen LogP contribution in [0.4, 0.5) is 0 Å². The molecule has 53 heavy (non-hydrogen) atoms. The largest absolute Gasteiger partial charge is 0.483 e. The number of benzene rings is 4. The second-order valence-corrected chi connectivity index (χ2v) is 19.2. The van der Waals surface area contributed by atoms with Gasteiger partial charge in [0, 0.05) is 0 Å². The molecule has 0 heterocycles. The van der Waals surface area contributed by atoms with Gasteiger partial charge in [0.25, 0.3) is 0 Å². The summed E-state index contributed by atoms with van der Waals surface area (Å²) in [7, 11) is 1.14. The lowest BCUT2D eigenvalue weighted by atomic mass is 9.91. The second-order valence-electron chi connectivity index (χ2n) is 15.7. The van der Waals surface area contributed by atoms with Crippen molar-refractivity contribution in [3.8, 4) is 22.6 Å². The van der Waals surface area contributed by atoms with Crippen LogP contribution in [0.1, 0.15) is 168 Å². The molecule has 3 unspecified atom stereocenters. The zero-order valence-electron chi connectivity index (χ0n) is 35.0. The molecule has 4 rings (SSSR count). The van der Waals surface area contributed by atoms with Crippen LogP contribution in [0.15, 0.2) is 84.9 Å². The Bertz CT molecular complexity index is 1680. The quantitative estimate of drug-likeness (QED) is 0.0623. The Morgan fingerprint density at radius 2 is 1.02 bits per heavy atom. The molecular formula is C49H70O2P2. The molecule has 0 bridgehead atoms. The van der Waals surface area contributed by atoms with E-state index in [-0.39, 0.29) is 10.7 Å². The smallest absolute Gasteiger partial charge is 0.128 e. The van der Waals surface area contributed by atoms with E-state index in [1.54, 1.807) is 0 Å². The number of unbranched alkanes of at least 4 members (excludes halogenated alkanes) is 2. The van der Waals surface area contributed by atoms with Crippen LogP contribution in [0.25, 0.3) is 11.1 Å². The van der Waals surface area contributed by atoms with Gasteiger partial charge in [-0.1, -0.05) is 168 Å². The summed E-state index contributed by atoms with van der Waals surface area (Å²) in [5.74, 6) is 3.62. The average molecular weight is 753 g/mol. The maximum atomic E-state index is 7.08. The van der Waals surface area contributed by atoms with Crippen LogP contribution in [0, 0.1) is 0 Å². The predicted molar refractivity (Wildman–Crippen MR) is 239 cm³/mol. The number of ether oxygens (including phenoxy) is 2. The van der Waals surface area contributed by atoms with Gasteiger partial charge in [-0.3, -0.25) is 0 Å². The van der Waals surface area contributed by atoms with Crippen LogP contribution in [0.2, 0.25) is 0 Å². The first kappa shape index (κ1) is 43.1. The van der Waals surface area contributed by atoms with E-state index in [0.29, 0.717) is 34.9 Å². The van der Waals surface area contributed by atoms with Gasteiger partial charge >= 0.3 is 0 Å². The Morgan fingerprint density at radius 1 is 0.528 bits per heavy atom. The Kier molecular flexibility index (Phi) is 16.5. The fourth-order valence-electron chi connectivity index (χ4n) is 7.25. The zero-order chi connectivity index (χ0) is 38.6. The Balaban J connectivity index is 1.47. The van der Waals surface area contributed by atoms with Gasteiger partial charge in [0.2, 0.25) is 0 Å². The highest BCUT2D eigenvalue weighted by Crippen LogP contribution is 2.44. The van der Waals surface area contributed by atoms with E-state index in [2.05, 4.69) is 161 Å². The molecule has 0 radical (unpaired) electrons. The lowest BCUT2D eigenvalue weighted by molar-refractivity contribution is 0.151. The molecule has 0 spiro atoms. The van der Waals surface area contributed by atoms with E-state index in [4.69, 9.17) is 9.47 Å². The van der Waals surface area contributed by atoms with E-state index in [0.717, 1.165) is 43.6 Å². The van der Waals surface area contributed by atoms with Crippen LogP contribution in [-0.4, -0.2) is 10.7 Å². The van der Waals surface area contributed by atoms with Crippen molar-refractivity contribution in [2.24, 2.45) is 0 Å². The van der Waals surface area contributed by atoms with Gasteiger partial charge in [-0.2, -0.15) is 0 Å². The van der Waals surface area contributed by atoms with Crippen LogP contribution in [0.5, 0.6) is 11.5 Å². The molecule has 4 aromatic rings. The number of aryl methyl sites for hydroxylation is 1. The number of hydrogen-bond donors (Lipinski definition) is 0. The van der Waals surface area contributed by atoms with Crippen LogP contribution < -0.4 is 20.1 Å². The molecule has 0 saturated carbocycles. The summed E-state index contributed by atoms with van der Waals surface area (Å²) in [6.07, 6.45) is 10.0. The molecule has 0 N–H and O–H groups in total. The van der Waals surface area contributed by atoms with E-state index in [1.807, 2.05) is 0 Å². The van der Waals surface area contributed by atoms with Crippen molar-refractivity contribution in [3.63, 3.8) is 0 Å². The average Bonchev–Trinajstić information content (AvgIpc) is 3.18. The Morgan fingerprint density at radius 3 is 1.47 bits per heavy atom. The third-order valence-corrected chi connectivity index (χ3v) is 15.1. The van der Waals surface area contributed by atoms with Gasteiger partial charge in [-0.05, 0) is 130 Å². The van der Waals surface area contributed by atoms with Crippen molar-refractivity contribution in [2.45, 2.75) is 162 Å².